The summed E-state index contributed by atoms with van der Waals surface area (Å²) in [5.41, 5.74) is 9.75. The molecule has 0 aromatic heterocycles. The molecule has 102 valence electrons. The van der Waals surface area contributed by atoms with E-state index in [4.69, 9.17) is 5.73 Å². The van der Waals surface area contributed by atoms with Crippen molar-refractivity contribution in [2.75, 3.05) is 16.4 Å². The molecule has 0 aliphatic carbocycles. The van der Waals surface area contributed by atoms with Crippen LogP contribution in [0, 0.1) is 6.92 Å². The third kappa shape index (κ3) is 2.27. The van der Waals surface area contributed by atoms with Crippen LogP contribution in [0.4, 0.5) is 11.4 Å². The fourth-order valence-electron chi connectivity index (χ4n) is 2.48. The second-order valence-electron chi connectivity index (χ2n) is 4.88. The Balaban J connectivity index is 2.03. The van der Waals surface area contributed by atoms with Crippen LogP contribution in [0.15, 0.2) is 48.5 Å². The summed E-state index contributed by atoms with van der Waals surface area (Å²) in [6, 6.07) is 15.8. The zero-order chi connectivity index (χ0) is 14.1. The Hall–Kier alpha value is -1.94. The number of para-hydroxylation sites is 1. The van der Waals surface area contributed by atoms with E-state index < -0.39 is 0 Å². The van der Waals surface area contributed by atoms with E-state index in [0.717, 1.165) is 22.5 Å². The van der Waals surface area contributed by atoms with Crippen LogP contribution in [0.3, 0.4) is 0 Å². The lowest BCUT2D eigenvalue weighted by Gasteiger charge is -2.26. The molecule has 1 aliphatic heterocycles. The van der Waals surface area contributed by atoms with E-state index >= 15 is 0 Å². The molecule has 0 saturated carbocycles. The quantitative estimate of drug-likeness (QED) is 0.860. The van der Waals surface area contributed by atoms with Gasteiger partial charge in [0.1, 0.15) is 5.37 Å². The Labute approximate surface area is 122 Å². The maximum Gasteiger partial charge on any atom is 0.238 e. The zero-order valence-corrected chi connectivity index (χ0v) is 12.1. The molecular formula is C16H16N2OS. The van der Waals surface area contributed by atoms with Crippen molar-refractivity contribution in [1.82, 2.24) is 0 Å². The summed E-state index contributed by atoms with van der Waals surface area (Å²) in [5.74, 6) is 0.657. The van der Waals surface area contributed by atoms with E-state index in [1.165, 1.54) is 0 Å². The number of amides is 1. The minimum atomic E-state index is 0.00657. The lowest BCUT2D eigenvalue weighted by molar-refractivity contribution is -0.115. The molecule has 2 aromatic rings. The minimum absolute atomic E-state index is 0.00657. The van der Waals surface area contributed by atoms with Gasteiger partial charge in [0.2, 0.25) is 5.91 Å². The molecule has 0 unspecified atom stereocenters. The number of benzene rings is 2. The molecule has 2 N–H and O–H groups in total. The summed E-state index contributed by atoms with van der Waals surface area (Å²) < 4.78 is 0. The van der Waals surface area contributed by atoms with Crippen molar-refractivity contribution in [3.63, 3.8) is 0 Å². The first-order valence-electron chi connectivity index (χ1n) is 6.51. The van der Waals surface area contributed by atoms with Crippen molar-refractivity contribution < 1.29 is 4.79 Å². The summed E-state index contributed by atoms with van der Waals surface area (Å²) in [4.78, 5) is 14.2. The average molecular weight is 284 g/mol. The first-order chi connectivity index (χ1) is 9.66. The first-order valence-corrected chi connectivity index (χ1v) is 7.56. The number of hydrogen-bond acceptors (Lipinski definition) is 3. The Morgan fingerprint density at radius 3 is 2.75 bits per heavy atom. The fraction of sp³-hybridized carbons (Fsp3) is 0.188. The molecule has 0 radical (unpaired) electrons. The fourth-order valence-corrected chi connectivity index (χ4v) is 3.64. The number of carbonyl (C=O) groups excluding carboxylic acids is 1. The number of nitrogens with two attached hydrogens (primary N) is 1. The summed E-state index contributed by atoms with van der Waals surface area (Å²) in [6.45, 7) is 2.03. The van der Waals surface area contributed by atoms with Crippen molar-refractivity contribution in [1.29, 1.82) is 0 Å². The predicted molar refractivity (Wildman–Crippen MR) is 84.7 cm³/mol. The van der Waals surface area contributed by atoms with Crippen LogP contribution in [-0.4, -0.2) is 11.7 Å². The topological polar surface area (TPSA) is 46.3 Å². The maximum atomic E-state index is 12.3. The van der Waals surface area contributed by atoms with Crippen LogP contribution >= 0.6 is 11.8 Å². The van der Waals surface area contributed by atoms with E-state index in [0.29, 0.717) is 5.75 Å². The predicted octanol–water partition coefficient (Wildman–Crippen LogP) is 3.36. The number of carbonyl (C=O) groups is 1. The van der Waals surface area contributed by atoms with Crippen LogP contribution in [0.1, 0.15) is 16.5 Å². The van der Waals surface area contributed by atoms with Gasteiger partial charge in [-0.1, -0.05) is 30.3 Å². The number of thioether (sulfide) groups is 1. The lowest BCUT2D eigenvalue weighted by Crippen LogP contribution is -2.28. The highest BCUT2D eigenvalue weighted by molar-refractivity contribution is 8.00. The largest absolute Gasteiger partial charge is 0.399 e. The Morgan fingerprint density at radius 2 is 2.00 bits per heavy atom. The van der Waals surface area contributed by atoms with E-state index in [1.807, 2.05) is 60.4 Å². The molecule has 2 aromatic carbocycles. The molecule has 1 aliphatic rings. The molecule has 20 heavy (non-hydrogen) atoms. The standard InChI is InChI=1S/C16H16N2OS/c1-11-5-2-3-8-14(11)18-15(19)10-20-16(18)12-6-4-7-13(17)9-12/h2-9,16H,10,17H2,1H3/t16-/m0/s1. The lowest BCUT2D eigenvalue weighted by atomic mass is 10.1. The van der Waals surface area contributed by atoms with Crippen molar-refractivity contribution in [2.24, 2.45) is 0 Å². The smallest absolute Gasteiger partial charge is 0.238 e. The van der Waals surface area contributed by atoms with Crippen molar-refractivity contribution in [3.05, 3.63) is 59.7 Å². The Bertz CT molecular complexity index is 656. The molecule has 4 heteroatoms. The summed E-state index contributed by atoms with van der Waals surface area (Å²) in [7, 11) is 0. The number of nitrogens with zero attached hydrogens (tertiary/aromatic N) is 1. The SMILES string of the molecule is Cc1ccccc1N1C(=O)CS[C@H]1c1cccc(N)c1. The highest BCUT2D eigenvalue weighted by Crippen LogP contribution is 2.42. The van der Waals surface area contributed by atoms with E-state index in [2.05, 4.69) is 0 Å². The zero-order valence-electron chi connectivity index (χ0n) is 11.2. The van der Waals surface area contributed by atoms with Gasteiger partial charge in [-0.2, -0.15) is 0 Å². The molecule has 1 heterocycles. The van der Waals surface area contributed by atoms with Crippen molar-refractivity contribution >= 4 is 29.0 Å². The van der Waals surface area contributed by atoms with Gasteiger partial charge < -0.3 is 5.73 Å². The van der Waals surface area contributed by atoms with Gasteiger partial charge in [0.25, 0.3) is 0 Å². The third-order valence-corrected chi connectivity index (χ3v) is 4.65. The normalized spacial score (nSPS) is 18.6. The molecule has 0 spiro atoms. The first kappa shape index (κ1) is 13.1. The third-order valence-electron chi connectivity index (χ3n) is 3.44. The number of nitrogen functional groups attached to an aromatic ring is 1. The van der Waals surface area contributed by atoms with Crippen LogP contribution < -0.4 is 10.6 Å². The molecule has 1 saturated heterocycles. The highest BCUT2D eigenvalue weighted by Gasteiger charge is 2.34. The maximum absolute atomic E-state index is 12.3. The molecule has 3 rings (SSSR count). The van der Waals surface area contributed by atoms with E-state index in [9.17, 15) is 4.79 Å². The van der Waals surface area contributed by atoms with Gasteiger partial charge in [0.05, 0.1) is 5.75 Å². The van der Waals surface area contributed by atoms with Gasteiger partial charge in [-0.15, -0.1) is 11.8 Å². The minimum Gasteiger partial charge on any atom is -0.399 e. The van der Waals surface area contributed by atoms with Crippen LogP contribution in [0.25, 0.3) is 0 Å². The van der Waals surface area contributed by atoms with Crippen LogP contribution in [0.5, 0.6) is 0 Å². The average Bonchev–Trinajstić information content (AvgIpc) is 2.81. The number of rotatable bonds is 2. The summed E-state index contributed by atoms with van der Waals surface area (Å²) in [5, 5.41) is 0.00657. The molecule has 1 atom stereocenters. The highest BCUT2D eigenvalue weighted by atomic mass is 32.2. The van der Waals surface area contributed by atoms with Gasteiger partial charge in [0, 0.05) is 11.4 Å². The van der Waals surface area contributed by atoms with E-state index in [1.54, 1.807) is 11.8 Å². The van der Waals surface area contributed by atoms with Crippen molar-refractivity contribution in [2.45, 2.75) is 12.3 Å². The molecule has 1 amide bonds. The van der Waals surface area contributed by atoms with Gasteiger partial charge in [0.15, 0.2) is 0 Å². The van der Waals surface area contributed by atoms with Gasteiger partial charge in [-0.25, -0.2) is 0 Å². The second-order valence-corrected chi connectivity index (χ2v) is 5.95. The molecular weight excluding hydrogens is 268 g/mol. The van der Waals surface area contributed by atoms with Gasteiger partial charge in [-0.3, -0.25) is 9.69 Å². The number of hydrogen-bond donors (Lipinski definition) is 1. The number of anilines is 2. The van der Waals surface area contributed by atoms with Crippen molar-refractivity contribution in [3.8, 4) is 0 Å². The molecule has 0 bridgehead atoms. The monoisotopic (exact) mass is 284 g/mol. The van der Waals surface area contributed by atoms with Gasteiger partial charge >= 0.3 is 0 Å². The van der Waals surface area contributed by atoms with E-state index in [-0.39, 0.29) is 11.3 Å². The second kappa shape index (κ2) is 5.21. The Kier molecular flexibility index (Phi) is 3.40. The summed E-state index contributed by atoms with van der Waals surface area (Å²) in [6.07, 6.45) is 0. The molecule has 3 nitrogen and oxygen atoms in total. The van der Waals surface area contributed by atoms with Gasteiger partial charge in [-0.05, 0) is 36.2 Å². The Morgan fingerprint density at radius 1 is 1.20 bits per heavy atom. The number of aryl methyl sites for hydroxylation is 1. The van der Waals surface area contributed by atoms with Crippen LogP contribution in [0.2, 0.25) is 0 Å². The molecule has 1 fully saturated rings. The van der Waals surface area contributed by atoms with Crippen LogP contribution in [-0.2, 0) is 4.79 Å². The summed E-state index contributed by atoms with van der Waals surface area (Å²) >= 11 is 1.64.